The van der Waals surface area contributed by atoms with E-state index in [-0.39, 0.29) is 51.1 Å². The highest BCUT2D eigenvalue weighted by molar-refractivity contribution is 7.92. The molecule has 0 bridgehead atoms. The predicted molar refractivity (Wildman–Crippen MR) is 120 cm³/mol. The van der Waals surface area contributed by atoms with Gasteiger partial charge >= 0.3 is 5.97 Å². The zero-order valence-electron chi connectivity index (χ0n) is 15.9. The first-order chi connectivity index (χ1) is 14.1. The van der Waals surface area contributed by atoms with Crippen LogP contribution in [0.25, 0.3) is 10.8 Å². The number of hydrogen-bond acceptors (Lipinski definition) is 6. The minimum atomic E-state index is -4.14. The van der Waals surface area contributed by atoms with Gasteiger partial charge in [0.05, 0.1) is 28.3 Å². The van der Waals surface area contributed by atoms with E-state index in [1.807, 2.05) is 0 Å². The molecule has 3 rings (SSSR count). The summed E-state index contributed by atoms with van der Waals surface area (Å²) in [4.78, 5) is 19.0. The number of carbonyl (C=O) groups is 1. The van der Waals surface area contributed by atoms with Crippen LogP contribution in [0, 0.1) is 0 Å². The van der Waals surface area contributed by atoms with Crippen molar-refractivity contribution in [3.05, 3.63) is 53.2 Å². The fourth-order valence-corrected chi connectivity index (χ4v) is 3.98. The molecule has 0 fully saturated rings. The summed E-state index contributed by atoms with van der Waals surface area (Å²) in [7, 11) is -2.81. The summed E-state index contributed by atoms with van der Waals surface area (Å²) >= 11 is 6.14. The molecule has 1 heterocycles. The second-order valence-electron chi connectivity index (χ2n) is 6.00. The van der Waals surface area contributed by atoms with Gasteiger partial charge in [-0.25, -0.2) is 18.2 Å². The first-order valence-electron chi connectivity index (χ1n) is 8.24. The van der Waals surface area contributed by atoms with Crippen LogP contribution in [-0.2, 0) is 10.0 Å². The number of nitrogens with one attached hydrogen (secondary N) is 1. The maximum atomic E-state index is 13.0. The lowest BCUT2D eigenvalue weighted by atomic mass is 10.1. The molecule has 0 saturated carbocycles. The van der Waals surface area contributed by atoms with Crippen molar-refractivity contribution >= 4 is 68.2 Å². The maximum Gasteiger partial charge on any atom is 0.335 e. The molecular formula is C18H17Cl2N5O5S. The number of guanidine groups is 1. The summed E-state index contributed by atoms with van der Waals surface area (Å²) in [6, 6.07) is 7.94. The fraction of sp³-hybridized carbons (Fsp3) is 0.0556. The molecule has 0 aliphatic heterocycles. The highest BCUT2D eigenvalue weighted by atomic mass is 35.5. The summed E-state index contributed by atoms with van der Waals surface area (Å²) in [5, 5.41) is 10.3. The Morgan fingerprint density at radius 3 is 2.52 bits per heavy atom. The Hall–Kier alpha value is -3.28. The van der Waals surface area contributed by atoms with E-state index in [9.17, 15) is 13.2 Å². The van der Waals surface area contributed by atoms with E-state index in [1.165, 1.54) is 43.6 Å². The topological polar surface area (TPSA) is 170 Å². The van der Waals surface area contributed by atoms with E-state index in [0.29, 0.717) is 10.8 Å². The van der Waals surface area contributed by atoms with Gasteiger partial charge in [-0.2, -0.15) is 4.99 Å². The molecule has 2 aromatic carbocycles. The SMILES string of the molecule is COc1ccc(C(=O)O)cc1NS(=O)(=O)c1ccc2c(Cl)cnc(N=C(N)N)c2c1.Cl. The number of pyridine rings is 1. The van der Waals surface area contributed by atoms with Crippen LogP contribution < -0.4 is 20.9 Å². The van der Waals surface area contributed by atoms with Crippen molar-refractivity contribution in [3.8, 4) is 5.75 Å². The van der Waals surface area contributed by atoms with Gasteiger partial charge in [-0.15, -0.1) is 12.4 Å². The number of sulfonamides is 1. The van der Waals surface area contributed by atoms with Crippen LogP contribution in [0.15, 0.2) is 52.5 Å². The summed E-state index contributed by atoms with van der Waals surface area (Å²) in [6.45, 7) is 0. The van der Waals surface area contributed by atoms with Gasteiger partial charge in [-0.05, 0) is 30.3 Å². The van der Waals surface area contributed by atoms with Gasteiger partial charge in [0.15, 0.2) is 11.8 Å². The van der Waals surface area contributed by atoms with Crippen LogP contribution >= 0.6 is 24.0 Å². The molecule has 0 unspecified atom stereocenters. The summed E-state index contributed by atoms with van der Waals surface area (Å²) in [6.07, 6.45) is 1.35. The Kier molecular flexibility index (Phi) is 7.16. The van der Waals surface area contributed by atoms with Crippen molar-refractivity contribution in [2.75, 3.05) is 11.8 Å². The molecule has 0 atom stereocenters. The number of carboxylic acids is 1. The third kappa shape index (κ3) is 5.08. The molecule has 0 aliphatic rings. The van der Waals surface area contributed by atoms with E-state index in [4.69, 9.17) is 32.9 Å². The summed E-state index contributed by atoms with van der Waals surface area (Å²) < 4.78 is 33.4. The normalized spacial score (nSPS) is 10.8. The number of methoxy groups -OCH3 is 1. The van der Waals surface area contributed by atoms with Crippen LogP contribution in [-0.4, -0.2) is 37.5 Å². The summed E-state index contributed by atoms with van der Waals surface area (Å²) in [5.41, 5.74) is 10.7. The number of hydrogen-bond donors (Lipinski definition) is 4. The lowest BCUT2D eigenvalue weighted by Crippen LogP contribution is -2.22. The second-order valence-corrected chi connectivity index (χ2v) is 8.09. The number of aromatic nitrogens is 1. The minimum Gasteiger partial charge on any atom is -0.495 e. The number of carboxylic acid groups (broad SMARTS) is 1. The number of ether oxygens (including phenoxy) is 1. The van der Waals surface area contributed by atoms with Gasteiger partial charge in [0.25, 0.3) is 10.0 Å². The van der Waals surface area contributed by atoms with Gasteiger partial charge in [-0.3, -0.25) is 4.72 Å². The zero-order chi connectivity index (χ0) is 22.1. The smallest absolute Gasteiger partial charge is 0.335 e. The molecule has 0 saturated heterocycles. The van der Waals surface area contributed by atoms with Crippen molar-refractivity contribution in [1.29, 1.82) is 0 Å². The predicted octanol–water partition coefficient (Wildman–Crippen LogP) is 2.72. The average Bonchev–Trinajstić information content (AvgIpc) is 2.69. The molecule has 13 heteroatoms. The molecule has 6 N–H and O–H groups in total. The number of anilines is 1. The number of aromatic carboxylic acids is 1. The summed E-state index contributed by atoms with van der Waals surface area (Å²) in [5.74, 6) is -1.23. The molecule has 10 nitrogen and oxygen atoms in total. The van der Waals surface area contributed by atoms with Crippen LogP contribution in [0.5, 0.6) is 5.75 Å². The van der Waals surface area contributed by atoms with E-state index < -0.39 is 16.0 Å². The van der Waals surface area contributed by atoms with Gasteiger partial charge in [0.2, 0.25) is 0 Å². The van der Waals surface area contributed by atoms with Gasteiger partial charge in [-0.1, -0.05) is 17.7 Å². The number of nitrogens with zero attached hydrogens (tertiary/aromatic N) is 2. The van der Waals surface area contributed by atoms with Crippen LogP contribution in [0.3, 0.4) is 0 Å². The number of fused-ring (bicyclic) bond motifs is 1. The first kappa shape index (κ1) is 24.0. The highest BCUT2D eigenvalue weighted by Gasteiger charge is 2.20. The Balaban J connectivity index is 0.00000341. The molecule has 0 aliphatic carbocycles. The van der Waals surface area contributed by atoms with E-state index in [0.717, 1.165) is 6.07 Å². The molecule has 0 radical (unpaired) electrons. The lowest BCUT2D eigenvalue weighted by molar-refractivity contribution is 0.0697. The van der Waals surface area contributed by atoms with E-state index in [2.05, 4.69) is 14.7 Å². The van der Waals surface area contributed by atoms with Crippen molar-refractivity contribution in [3.63, 3.8) is 0 Å². The van der Waals surface area contributed by atoms with E-state index in [1.54, 1.807) is 0 Å². The van der Waals surface area contributed by atoms with Crippen LogP contribution in [0.2, 0.25) is 5.02 Å². The number of rotatable bonds is 6. The lowest BCUT2D eigenvalue weighted by Gasteiger charge is -2.13. The third-order valence-corrected chi connectivity index (χ3v) is 5.69. The molecule has 3 aromatic rings. The highest BCUT2D eigenvalue weighted by Crippen LogP contribution is 2.33. The van der Waals surface area contributed by atoms with Crippen molar-refractivity contribution in [2.45, 2.75) is 4.90 Å². The monoisotopic (exact) mass is 485 g/mol. The number of halogens is 2. The Morgan fingerprint density at radius 1 is 1.19 bits per heavy atom. The van der Waals surface area contributed by atoms with Crippen LogP contribution in [0.1, 0.15) is 10.4 Å². The van der Waals surface area contributed by atoms with Crippen LogP contribution in [0.4, 0.5) is 11.5 Å². The molecule has 31 heavy (non-hydrogen) atoms. The fourth-order valence-electron chi connectivity index (χ4n) is 2.68. The van der Waals surface area contributed by atoms with E-state index >= 15 is 0 Å². The Morgan fingerprint density at radius 2 is 1.90 bits per heavy atom. The van der Waals surface area contributed by atoms with Gasteiger partial charge in [0, 0.05) is 17.0 Å². The third-order valence-electron chi connectivity index (χ3n) is 4.03. The maximum absolute atomic E-state index is 13.0. The molecular weight excluding hydrogens is 469 g/mol. The number of nitrogens with two attached hydrogens (primary N) is 2. The Labute approximate surface area is 188 Å². The Bertz CT molecular complexity index is 1290. The molecule has 0 amide bonds. The largest absolute Gasteiger partial charge is 0.495 e. The number of benzene rings is 2. The first-order valence-corrected chi connectivity index (χ1v) is 10.1. The average molecular weight is 486 g/mol. The minimum absolute atomic E-state index is 0. The second kappa shape index (κ2) is 9.25. The molecule has 164 valence electrons. The molecule has 1 aromatic heterocycles. The van der Waals surface area contributed by atoms with Crippen molar-refractivity contribution < 1.29 is 23.1 Å². The van der Waals surface area contributed by atoms with Crippen molar-refractivity contribution in [2.24, 2.45) is 16.5 Å². The number of aliphatic imine (C=N–C) groups is 1. The van der Waals surface area contributed by atoms with Gasteiger partial charge in [0.1, 0.15) is 5.75 Å². The van der Waals surface area contributed by atoms with Gasteiger partial charge < -0.3 is 21.3 Å². The molecule has 0 spiro atoms. The standard InChI is InChI=1S/C18H16ClN5O5S.ClH/c1-29-15-5-2-9(17(25)26)6-14(15)24-30(27,28)10-3-4-11-12(7-10)16(23-18(20)21)22-8-13(11)19;/h2-8,24H,1H3,(H,25,26)(H4,20,21,22,23);1H. The van der Waals surface area contributed by atoms with Crippen molar-refractivity contribution in [1.82, 2.24) is 4.98 Å². The quantitative estimate of drug-likeness (QED) is 0.304. The zero-order valence-corrected chi connectivity index (χ0v) is 18.3.